The molecule has 4 nitrogen and oxygen atoms in total. The van der Waals surface area contributed by atoms with E-state index in [0.29, 0.717) is 12.5 Å². The van der Waals surface area contributed by atoms with Gasteiger partial charge in [0.05, 0.1) is 0 Å². The third-order valence-corrected chi connectivity index (χ3v) is 2.77. The summed E-state index contributed by atoms with van der Waals surface area (Å²) >= 11 is 0. The summed E-state index contributed by atoms with van der Waals surface area (Å²) in [5, 5.41) is 11.8. The molecule has 20 heavy (non-hydrogen) atoms. The van der Waals surface area contributed by atoms with Gasteiger partial charge < -0.3 is 15.0 Å². The Hall–Kier alpha value is -1.50. The average Bonchev–Trinajstić information content (AvgIpc) is 2.74. The summed E-state index contributed by atoms with van der Waals surface area (Å²) in [6.45, 7) is 4.53. The van der Waals surface area contributed by atoms with Gasteiger partial charge in [0.25, 0.3) is 0 Å². The summed E-state index contributed by atoms with van der Waals surface area (Å²) < 4.78 is 38.2. The van der Waals surface area contributed by atoms with E-state index in [1.807, 2.05) is 13.8 Å². The predicted molar refractivity (Wildman–Crippen MR) is 67.9 cm³/mol. The second-order valence-corrected chi connectivity index (χ2v) is 5.09. The molecule has 1 atom stereocenters. The van der Waals surface area contributed by atoms with Crippen LogP contribution in [0.3, 0.4) is 0 Å². The predicted octanol–water partition coefficient (Wildman–Crippen LogP) is 2.25. The molecule has 0 saturated heterocycles. The van der Waals surface area contributed by atoms with Gasteiger partial charge >= 0.3 is 6.18 Å². The number of hydrogen-bond acceptors (Lipinski definition) is 2. The zero-order valence-corrected chi connectivity index (χ0v) is 11.4. The quantitative estimate of drug-likeness (QED) is 0.845. The summed E-state index contributed by atoms with van der Waals surface area (Å²) in [6, 6.07) is 1.15. The lowest BCUT2D eigenvalue weighted by atomic mass is 10.1. The highest BCUT2D eigenvalue weighted by Crippen LogP contribution is 2.32. The number of aromatic nitrogens is 1. The number of amides is 1. The monoisotopic (exact) mass is 292 g/mol. The Morgan fingerprint density at radius 3 is 2.65 bits per heavy atom. The number of rotatable bonds is 6. The smallest absolute Gasteiger partial charge is 0.379 e. The van der Waals surface area contributed by atoms with E-state index >= 15 is 0 Å². The molecule has 2 N–H and O–H groups in total. The minimum absolute atomic E-state index is 0.0668. The van der Waals surface area contributed by atoms with E-state index in [0.717, 1.165) is 18.7 Å². The SMILES string of the molecule is CC(C)CCNC(=O)Cn1ccc(C(O)C(F)(F)F)c1. The first kappa shape index (κ1) is 16.6. The first-order chi connectivity index (χ1) is 9.20. The maximum atomic E-state index is 12.3. The molecule has 0 aliphatic carbocycles. The molecule has 0 fully saturated rings. The number of carbonyl (C=O) groups excluding carboxylic acids is 1. The Kier molecular flexibility index (Phi) is 5.62. The van der Waals surface area contributed by atoms with E-state index in [1.54, 1.807) is 0 Å². The lowest BCUT2D eigenvalue weighted by Crippen LogP contribution is -2.28. The van der Waals surface area contributed by atoms with Crippen LogP contribution in [0.1, 0.15) is 31.9 Å². The number of hydrogen-bond donors (Lipinski definition) is 2. The van der Waals surface area contributed by atoms with Gasteiger partial charge in [-0.15, -0.1) is 0 Å². The summed E-state index contributed by atoms with van der Waals surface area (Å²) in [6.07, 6.45) is -3.92. The molecule has 1 unspecified atom stereocenters. The van der Waals surface area contributed by atoms with Crippen molar-refractivity contribution in [2.24, 2.45) is 5.92 Å². The largest absolute Gasteiger partial charge is 0.418 e. The van der Waals surface area contributed by atoms with E-state index in [1.165, 1.54) is 10.8 Å². The topological polar surface area (TPSA) is 54.3 Å². The van der Waals surface area contributed by atoms with Crippen LogP contribution < -0.4 is 5.32 Å². The molecule has 0 saturated carbocycles. The zero-order chi connectivity index (χ0) is 15.3. The molecule has 114 valence electrons. The third-order valence-electron chi connectivity index (χ3n) is 2.77. The summed E-state index contributed by atoms with van der Waals surface area (Å²) in [5.41, 5.74) is -0.271. The van der Waals surface area contributed by atoms with Crippen LogP contribution in [0.2, 0.25) is 0 Å². The Bertz CT molecular complexity index is 441. The Balaban J connectivity index is 2.50. The van der Waals surface area contributed by atoms with Crippen LogP contribution in [-0.2, 0) is 11.3 Å². The fourth-order valence-corrected chi connectivity index (χ4v) is 1.63. The van der Waals surface area contributed by atoms with Gasteiger partial charge in [-0.1, -0.05) is 13.8 Å². The zero-order valence-electron chi connectivity index (χ0n) is 11.4. The lowest BCUT2D eigenvalue weighted by Gasteiger charge is -2.12. The maximum Gasteiger partial charge on any atom is 0.418 e. The van der Waals surface area contributed by atoms with E-state index in [2.05, 4.69) is 5.32 Å². The van der Waals surface area contributed by atoms with Gasteiger partial charge in [0.1, 0.15) is 6.54 Å². The van der Waals surface area contributed by atoms with Gasteiger partial charge in [0, 0.05) is 24.5 Å². The van der Waals surface area contributed by atoms with Crippen molar-refractivity contribution in [1.82, 2.24) is 9.88 Å². The van der Waals surface area contributed by atoms with Crippen LogP contribution in [0.25, 0.3) is 0 Å². The molecule has 7 heteroatoms. The van der Waals surface area contributed by atoms with Crippen LogP contribution in [-0.4, -0.2) is 28.3 Å². The summed E-state index contributed by atoms with van der Waals surface area (Å²) in [5.74, 6) is 0.199. The second kappa shape index (κ2) is 6.78. The molecule has 0 aliphatic heterocycles. The van der Waals surface area contributed by atoms with Gasteiger partial charge in [-0.2, -0.15) is 13.2 Å². The number of nitrogens with zero attached hydrogens (tertiary/aromatic N) is 1. The van der Waals surface area contributed by atoms with Crippen molar-refractivity contribution < 1.29 is 23.1 Å². The van der Waals surface area contributed by atoms with Crippen molar-refractivity contribution in [3.05, 3.63) is 24.0 Å². The highest BCUT2D eigenvalue weighted by molar-refractivity contribution is 5.75. The molecule has 1 heterocycles. The molecule has 0 radical (unpaired) electrons. The highest BCUT2D eigenvalue weighted by atomic mass is 19.4. The molecular formula is C13H19F3N2O2. The number of nitrogens with one attached hydrogen (secondary N) is 1. The Morgan fingerprint density at radius 1 is 1.45 bits per heavy atom. The molecule has 1 rings (SSSR count). The molecule has 1 amide bonds. The van der Waals surface area contributed by atoms with E-state index in [9.17, 15) is 18.0 Å². The maximum absolute atomic E-state index is 12.3. The average molecular weight is 292 g/mol. The first-order valence-electron chi connectivity index (χ1n) is 6.37. The second-order valence-electron chi connectivity index (χ2n) is 5.09. The van der Waals surface area contributed by atoms with Gasteiger partial charge in [-0.25, -0.2) is 0 Å². The van der Waals surface area contributed by atoms with Crippen molar-refractivity contribution in [2.45, 2.75) is 39.1 Å². The molecule has 0 aromatic carbocycles. The minimum Gasteiger partial charge on any atom is -0.379 e. The van der Waals surface area contributed by atoms with E-state index in [4.69, 9.17) is 5.11 Å². The summed E-state index contributed by atoms with van der Waals surface area (Å²) in [4.78, 5) is 11.6. The van der Waals surface area contributed by atoms with Gasteiger partial charge in [-0.05, 0) is 18.4 Å². The van der Waals surface area contributed by atoms with Crippen molar-refractivity contribution in [3.8, 4) is 0 Å². The van der Waals surface area contributed by atoms with Gasteiger partial charge in [-0.3, -0.25) is 4.79 Å². The number of halogens is 3. The third kappa shape index (κ3) is 5.24. The molecule has 1 aromatic rings. The van der Waals surface area contributed by atoms with Crippen LogP contribution in [0.15, 0.2) is 18.5 Å². The molecular weight excluding hydrogens is 273 g/mol. The normalized spacial score (nSPS) is 13.6. The lowest BCUT2D eigenvalue weighted by molar-refractivity contribution is -0.206. The van der Waals surface area contributed by atoms with E-state index in [-0.39, 0.29) is 18.0 Å². The number of aliphatic hydroxyl groups is 1. The molecule has 0 spiro atoms. The number of aliphatic hydroxyl groups excluding tert-OH is 1. The van der Waals surface area contributed by atoms with Gasteiger partial charge in [0.2, 0.25) is 5.91 Å². The van der Waals surface area contributed by atoms with E-state index < -0.39 is 12.3 Å². The molecule has 0 bridgehead atoms. The fraction of sp³-hybridized carbons (Fsp3) is 0.615. The standard InChI is InChI=1S/C13H19F3N2O2/c1-9(2)3-5-17-11(19)8-18-6-4-10(7-18)12(20)13(14,15)16/h4,6-7,9,12,20H,3,5,8H2,1-2H3,(H,17,19). The minimum atomic E-state index is -4.70. The van der Waals surface area contributed by atoms with Crippen molar-refractivity contribution in [1.29, 1.82) is 0 Å². The van der Waals surface area contributed by atoms with Crippen molar-refractivity contribution in [3.63, 3.8) is 0 Å². The number of carbonyl (C=O) groups is 1. The fourth-order valence-electron chi connectivity index (χ4n) is 1.63. The van der Waals surface area contributed by atoms with Gasteiger partial charge in [0.15, 0.2) is 6.10 Å². The van der Waals surface area contributed by atoms with Crippen molar-refractivity contribution >= 4 is 5.91 Å². The Labute approximate surface area is 115 Å². The van der Waals surface area contributed by atoms with Crippen LogP contribution in [0.5, 0.6) is 0 Å². The first-order valence-corrected chi connectivity index (χ1v) is 6.37. The summed E-state index contributed by atoms with van der Waals surface area (Å²) in [7, 11) is 0. The highest BCUT2D eigenvalue weighted by Gasteiger charge is 2.39. The number of alkyl halides is 3. The molecule has 1 aromatic heterocycles. The van der Waals surface area contributed by atoms with Crippen LogP contribution in [0.4, 0.5) is 13.2 Å². The Morgan fingerprint density at radius 2 is 2.10 bits per heavy atom. The van der Waals surface area contributed by atoms with Crippen molar-refractivity contribution in [2.75, 3.05) is 6.54 Å². The van der Waals surface area contributed by atoms with Crippen LogP contribution in [0, 0.1) is 5.92 Å². The molecule has 0 aliphatic rings. The van der Waals surface area contributed by atoms with Crippen LogP contribution >= 0.6 is 0 Å².